The van der Waals surface area contributed by atoms with E-state index in [0.717, 1.165) is 30.8 Å². The molecule has 3 N–H and O–H groups in total. The highest BCUT2D eigenvalue weighted by Gasteiger charge is 2.34. The molecule has 0 bridgehead atoms. The van der Waals surface area contributed by atoms with E-state index in [4.69, 9.17) is 5.14 Å². The van der Waals surface area contributed by atoms with Gasteiger partial charge in [0.2, 0.25) is 10.0 Å². The highest BCUT2D eigenvalue weighted by Crippen LogP contribution is 2.36. The first-order chi connectivity index (χ1) is 14.0. The number of sulfonamides is 1. The molecule has 0 spiro atoms. The van der Waals surface area contributed by atoms with Gasteiger partial charge in [0.05, 0.1) is 10.5 Å². The molecule has 1 unspecified atom stereocenters. The van der Waals surface area contributed by atoms with E-state index in [-0.39, 0.29) is 12.2 Å². The molecule has 3 rings (SSSR count). The second kappa shape index (κ2) is 8.95. The summed E-state index contributed by atoms with van der Waals surface area (Å²) in [4.78, 5) is 1.87. The van der Waals surface area contributed by atoms with Gasteiger partial charge in [0.15, 0.2) is 0 Å². The Hall–Kier alpha value is -2.10. The van der Waals surface area contributed by atoms with Gasteiger partial charge in [0.1, 0.15) is 0 Å². The van der Waals surface area contributed by atoms with Crippen molar-refractivity contribution in [1.29, 1.82) is 0 Å². The summed E-state index contributed by atoms with van der Waals surface area (Å²) in [5.74, 6) is 0. The topological polar surface area (TPSA) is 75.4 Å². The van der Waals surface area contributed by atoms with Crippen molar-refractivity contribution in [2.75, 3.05) is 11.9 Å². The number of alkyl halides is 3. The van der Waals surface area contributed by atoms with Crippen LogP contribution in [0.1, 0.15) is 42.9 Å². The third-order valence-electron chi connectivity index (χ3n) is 5.46. The van der Waals surface area contributed by atoms with Crippen LogP contribution in [0.2, 0.25) is 0 Å². The van der Waals surface area contributed by atoms with Gasteiger partial charge in [-0.1, -0.05) is 30.7 Å². The van der Waals surface area contributed by atoms with Gasteiger partial charge in [-0.2, -0.15) is 13.2 Å². The Morgan fingerprint density at radius 3 is 2.37 bits per heavy atom. The normalized spacial score (nSPS) is 18.4. The van der Waals surface area contributed by atoms with Gasteiger partial charge in [0, 0.05) is 24.8 Å². The van der Waals surface area contributed by atoms with Crippen LogP contribution in [0.15, 0.2) is 47.4 Å². The van der Waals surface area contributed by atoms with Crippen molar-refractivity contribution in [3.63, 3.8) is 0 Å². The van der Waals surface area contributed by atoms with E-state index in [9.17, 15) is 21.6 Å². The SMILES string of the molecule is CC1CCCCN1Cc1ccc(CNc2ccc(S(N)(=O)=O)cc2C(F)(F)F)cc1. The zero-order valence-corrected chi connectivity index (χ0v) is 17.6. The number of hydrogen-bond acceptors (Lipinski definition) is 4. The quantitative estimate of drug-likeness (QED) is 0.699. The molecule has 5 nitrogen and oxygen atoms in total. The fraction of sp³-hybridized carbons (Fsp3) is 0.429. The number of nitrogens with zero attached hydrogens (tertiary/aromatic N) is 1. The van der Waals surface area contributed by atoms with Crippen LogP contribution in [0.25, 0.3) is 0 Å². The maximum Gasteiger partial charge on any atom is 0.418 e. The van der Waals surface area contributed by atoms with Crippen LogP contribution >= 0.6 is 0 Å². The lowest BCUT2D eigenvalue weighted by molar-refractivity contribution is -0.137. The lowest BCUT2D eigenvalue weighted by Gasteiger charge is -2.33. The number of nitrogens with one attached hydrogen (secondary N) is 1. The third kappa shape index (κ3) is 5.74. The summed E-state index contributed by atoms with van der Waals surface area (Å²) in [6.45, 7) is 4.36. The molecular formula is C21H26F3N3O2S. The number of likely N-dealkylation sites (tertiary alicyclic amines) is 1. The highest BCUT2D eigenvalue weighted by atomic mass is 32.2. The van der Waals surface area contributed by atoms with Crippen LogP contribution in [0.3, 0.4) is 0 Å². The van der Waals surface area contributed by atoms with Crippen LogP contribution in [0.4, 0.5) is 18.9 Å². The lowest BCUT2D eigenvalue weighted by Crippen LogP contribution is -2.36. The highest BCUT2D eigenvalue weighted by molar-refractivity contribution is 7.89. The van der Waals surface area contributed by atoms with Crippen LogP contribution in [-0.4, -0.2) is 25.9 Å². The number of halogens is 3. The van der Waals surface area contributed by atoms with Gasteiger partial charge in [-0.05, 0) is 55.6 Å². The van der Waals surface area contributed by atoms with E-state index in [1.54, 1.807) is 0 Å². The molecule has 2 aromatic rings. The largest absolute Gasteiger partial charge is 0.418 e. The van der Waals surface area contributed by atoms with Crippen molar-refractivity contribution in [3.05, 3.63) is 59.2 Å². The second-order valence-corrected chi connectivity index (χ2v) is 9.30. The van der Waals surface area contributed by atoms with Crippen LogP contribution in [-0.2, 0) is 29.3 Å². The zero-order chi connectivity index (χ0) is 21.9. The smallest absolute Gasteiger partial charge is 0.380 e. The number of nitrogens with two attached hydrogens (primary N) is 1. The number of benzene rings is 2. The average molecular weight is 442 g/mol. The molecule has 2 aromatic carbocycles. The second-order valence-electron chi connectivity index (χ2n) is 7.74. The third-order valence-corrected chi connectivity index (χ3v) is 6.37. The molecular weight excluding hydrogens is 415 g/mol. The van der Waals surface area contributed by atoms with Gasteiger partial charge >= 0.3 is 6.18 Å². The maximum absolute atomic E-state index is 13.4. The molecule has 9 heteroatoms. The van der Waals surface area contributed by atoms with Gasteiger partial charge in [0.25, 0.3) is 0 Å². The Morgan fingerprint density at radius 1 is 1.10 bits per heavy atom. The fourth-order valence-electron chi connectivity index (χ4n) is 3.68. The van der Waals surface area contributed by atoms with E-state index < -0.39 is 26.7 Å². The van der Waals surface area contributed by atoms with E-state index in [0.29, 0.717) is 12.1 Å². The van der Waals surface area contributed by atoms with Crippen molar-refractivity contribution in [2.24, 2.45) is 5.14 Å². The van der Waals surface area contributed by atoms with Crippen molar-refractivity contribution in [3.8, 4) is 0 Å². The molecule has 30 heavy (non-hydrogen) atoms. The van der Waals surface area contributed by atoms with Gasteiger partial charge in [-0.15, -0.1) is 0 Å². The predicted molar refractivity (Wildman–Crippen MR) is 110 cm³/mol. The van der Waals surface area contributed by atoms with Crippen LogP contribution in [0, 0.1) is 0 Å². The fourth-order valence-corrected chi connectivity index (χ4v) is 4.22. The van der Waals surface area contributed by atoms with Crippen molar-refractivity contribution < 1.29 is 21.6 Å². The average Bonchev–Trinajstić information content (AvgIpc) is 2.67. The number of piperidine rings is 1. The van der Waals surface area contributed by atoms with Gasteiger partial charge in [-0.25, -0.2) is 13.6 Å². The summed E-state index contributed by atoms with van der Waals surface area (Å²) < 4.78 is 62.9. The number of anilines is 1. The van der Waals surface area contributed by atoms with Crippen LogP contribution in [0.5, 0.6) is 0 Å². The Kier molecular flexibility index (Phi) is 6.74. The monoisotopic (exact) mass is 441 g/mol. The minimum absolute atomic E-state index is 0.179. The molecule has 0 saturated carbocycles. The number of primary sulfonamides is 1. The van der Waals surface area contributed by atoms with Crippen LogP contribution < -0.4 is 10.5 Å². The minimum atomic E-state index is -4.71. The van der Waals surface area contributed by atoms with E-state index in [2.05, 4.69) is 17.1 Å². The Balaban J connectivity index is 1.69. The molecule has 0 amide bonds. The molecule has 1 saturated heterocycles. The maximum atomic E-state index is 13.4. The number of hydrogen-bond donors (Lipinski definition) is 2. The summed E-state index contributed by atoms with van der Waals surface area (Å²) in [7, 11) is -4.22. The summed E-state index contributed by atoms with van der Waals surface area (Å²) >= 11 is 0. The molecule has 0 aliphatic carbocycles. The van der Waals surface area contributed by atoms with Gasteiger partial charge in [-0.3, -0.25) is 4.90 Å². The Bertz CT molecular complexity index is 976. The van der Waals surface area contributed by atoms with Crippen molar-refractivity contribution in [2.45, 2.75) is 56.4 Å². The summed E-state index contributed by atoms with van der Waals surface area (Å²) in [6.07, 6.45) is -1.04. The molecule has 0 radical (unpaired) electrons. The predicted octanol–water partition coefficient (Wildman–Crippen LogP) is 4.34. The zero-order valence-electron chi connectivity index (χ0n) is 16.7. The molecule has 1 aliphatic rings. The first-order valence-corrected chi connectivity index (χ1v) is 11.4. The standard InChI is InChI=1S/C21H26F3N3O2S/c1-15-4-2-3-11-27(15)14-17-7-5-16(6-8-17)13-26-20-10-9-18(30(25,28)29)12-19(20)21(22,23)24/h5-10,12,15,26H,2-4,11,13-14H2,1H3,(H2,25,28,29). The Labute approximate surface area is 175 Å². The molecule has 1 fully saturated rings. The van der Waals surface area contributed by atoms with E-state index in [1.807, 2.05) is 24.3 Å². The number of rotatable bonds is 6. The molecule has 1 aliphatic heterocycles. The van der Waals surface area contributed by atoms with Gasteiger partial charge < -0.3 is 5.32 Å². The summed E-state index contributed by atoms with van der Waals surface area (Å²) in [5, 5.41) is 7.71. The van der Waals surface area contributed by atoms with E-state index >= 15 is 0 Å². The molecule has 164 valence electrons. The summed E-state index contributed by atoms with van der Waals surface area (Å²) in [5.41, 5.74) is 0.737. The molecule has 1 atom stereocenters. The molecule has 0 aromatic heterocycles. The first kappa shape index (κ1) is 22.6. The van der Waals surface area contributed by atoms with Crippen molar-refractivity contribution in [1.82, 2.24) is 4.90 Å². The lowest BCUT2D eigenvalue weighted by atomic mass is 10.0. The van der Waals surface area contributed by atoms with Crippen molar-refractivity contribution >= 4 is 15.7 Å². The molecule has 1 heterocycles. The first-order valence-electron chi connectivity index (χ1n) is 9.84. The minimum Gasteiger partial charge on any atom is -0.380 e. The summed E-state index contributed by atoms with van der Waals surface area (Å²) in [6, 6.07) is 11.0. The Morgan fingerprint density at radius 2 is 1.77 bits per heavy atom. The van der Waals surface area contributed by atoms with E-state index in [1.165, 1.54) is 24.8 Å².